The lowest BCUT2D eigenvalue weighted by molar-refractivity contribution is -0.144. The second kappa shape index (κ2) is 6.79. The summed E-state index contributed by atoms with van der Waals surface area (Å²) in [5.41, 5.74) is 2.40. The molecule has 0 bridgehead atoms. The molecule has 0 fully saturated rings. The number of hydrogen-bond acceptors (Lipinski definition) is 2. The van der Waals surface area contributed by atoms with E-state index in [2.05, 4.69) is 52.0 Å². The smallest absolute Gasteiger partial charge is 0.325 e. The summed E-state index contributed by atoms with van der Waals surface area (Å²) in [5.74, 6) is 0.902. The van der Waals surface area contributed by atoms with E-state index in [1.165, 1.54) is 10.9 Å². The third kappa shape index (κ3) is 4.10. The molecule has 2 rings (SSSR count). The van der Waals surface area contributed by atoms with E-state index in [9.17, 15) is 4.79 Å². The number of ether oxygens (including phenoxy) is 1. The highest BCUT2D eigenvalue weighted by Crippen LogP contribution is 2.22. The first-order valence-electron chi connectivity index (χ1n) is 7.71. The average Bonchev–Trinajstić information content (AvgIpc) is 2.80. The SMILES string of the molecule is CC(C)CCOC(=O)Cn1ccc2cc(C(C)C)ccc21. The van der Waals surface area contributed by atoms with Gasteiger partial charge in [0.1, 0.15) is 6.54 Å². The Labute approximate surface area is 126 Å². The van der Waals surface area contributed by atoms with Gasteiger partial charge < -0.3 is 9.30 Å². The molecule has 0 aliphatic heterocycles. The fraction of sp³-hybridized carbons (Fsp3) is 0.500. The maximum Gasteiger partial charge on any atom is 0.325 e. The zero-order valence-corrected chi connectivity index (χ0v) is 13.4. The second-order valence-corrected chi connectivity index (χ2v) is 6.32. The molecule has 1 heterocycles. The van der Waals surface area contributed by atoms with Crippen LogP contribution in [0, 0.1) is 5.92 Å². The summed E-state index contributed by atoms with van der Waals surface area (Å²) >= 11 is 0. The van der Waals surface area contributed by atoms with Crippen LogP contribution >= 0.6 is 0 Å². The van der Waals surface area contributed by atoms with Crippen LogP contribution in [-0.2, 0) is 16.1 Å². The molecule has 3 heteroatoms. The average molecular weight is 287 g/mol. The molecule has 0 radical (unpaired) electrons. The Kier molecular flexibility index (Phi) is 5.05. The standard InChI is InChI=1S/C18H25NO2/c1-13(2)8-10-21-18(20)12-19-9-7-16-11-15(14(3)4)5-6-17(16)19/h5-7,9,11,13-14H,8,10,12H2,1-4H3. The van der Waals surface area contributed by atoms with Gasteiger partial charge in [0.2, 0.25) is 0 Å². The van der Waals surface area contributed by atoms with E-state index in [1.54, 1.807) is 0 Å². The maximum absolute atomic E-state index is 11.9. The molecule has 1 aromatic carbocycles. The maximum atomic E-state index is 11.9. The number of aromatic nitrogens is 1. The minimum Gasteiger partial charge on any atom is -0.464 e. The van der Waals surface area contributed by atoms with Gasteiger partial charge in [-0.05, 0) is 47.4 Å². The third-order valence-electron chi connectivity index (χ3n) is 3.72. The molecule has 0 amide bonds. The molecular formula is C18H25NO2. The predicted octanol–water partition coefficient (Wildman–Crippen LogP) is 4.35. The Morgan fingerprint density at radius 1 is 1.19 bits per heavy atom. The molecule has 0 N–H and O–H groups in total. The molecular weight excluding hydrogens is 262 g/mol. The van der Waals surface area contributed by atoms with Gasteiger partial charge >= 0.3 is 5.97 Å². The Hall–Kier alpha value is -1.77. The molecule has 3 nitrogen and oxygen atoms in total. The molecule has 0 atom stereocenters. The summed E-state index contributed by atoms with van der Waals surface area (Å²) < 4.78 is 7.23. The molecule has 0 spiro atoms. The van der Waals surface area contributed by atoms with Gasteiger partial charge in [0.05, 0.1) is 6.61 Å². The van der Waals surface area contributed by atoms with E-state index in [1.807, 2.05) is 10.8 Å². The Bertz CT molecular complexity index is 611. The number of carbonyl (C=O) groups excluding carboxylic acids is 1. The van der Waals surface area contributed by atoms with Crippen LogP contribution in [0.1, 0.15) is 45.6 Å². The van der Waals surface area contributed by atoms with Crippen LogP contribution in [0.5, 0.6) is 0 Å². The van der Waals surface area contributed by atoms with Crippen LogP contribution in [0.2, 0.25) is 0 Å². The van der Waals surface area contributed by atoms with Crippen LogP contribution in [0.4, 0.5) is 0 Å². The van der Waals surface area contributed by atoms with Crippen molar-refractivity contribution in [1.29, 1.82) is 0 Å². The van der Waals surface area contributed by atoms with Crippen LogP contribution in [0.25, 0.3) is 10.9 Å². The van der Waals surface area contributed by atoms with Crippen molar-refractivity contribution in [2.75, 3.05) is 6.61 Å². The number of hydrogen-bond donors (Lipinski definition) is 0. The lowest BCUT2D eigenvalue weighted by Gasteiger charge is -2.09. The molecule has 0 saturated heterocycles. The summed E-state index contributed by atoms with van der Waals surface area (Å²) in [7, 11) is 0. The molecule has 0 aliphatic carbocycles. The normalized spacial score (nSPS) is 11.5. The second-order valence-electron chi connectivity index (χ2n) is 6.32. The van der Waals surface area contributed by atoms with Gasteiger partial charge in [-0.15, -0.1) is 0 Å². The summed E-state index contributed by atoms with van der Waals surface area (Å²) in [6.45, 7) is 9.41. The Morgan fingerprint density at radius 3 is 2.62 bits per heavy atom. The molecule has 0 unspecified atom stereocenters. The van der Waals surface area contributed by atoms with Crippen molar-refractivity contribution in [3.05, 3.63) is 36.0 Å². The fourth-order valence-electron chi connectivity index (χ4n) is 2.31. The fourth-order valence-corrected chi connectivity index (χ4v) is 2.31. The van der Waals surface area contributed by atoms with E-state index in [0.717, 1.165) is 11.9 Å². The zero-order valence-electron chi connectivity index (χ0n) is 13.4. The summed E-state index contributed by atoms with van der Waals surface area (Å²) in [4.78, 5) is 11.9. The molecule has 0 saturated carbocycles. The Balaban J connectivity index is 2.04. The van der Waals surface area contributed by atoms with E-state index >= 15 is 0 Å². The van der Waals surface area contributed by atoms with Gasteiger partial charge in [-0.3, -0.25) is 4.79 Å². The first kappa shape index (κ1) is 15.6. The van der Waals surface area contributed by atoms with E-state index in [0.29, 0.717) is 18.4 Å². The summed E-state index contributed by atoms with van der Waals surface area (Å²) in [6, 6.07) is 8.48. The number of carbonyl (C=O) groups is 1. The summed E-state index contributed by atoms with van der Waals surface area (Å²) in [5, 5.41) is 1.18. The van der Waals surface area contributed by atoms with Crippen molar-refractivity contribution in [1.82, 2.24) is 4.57 Å². The van der Waals surface area contributed by atoms with Crippen molar-refractivity contribution >= 4 is 16.9 Å². The zero-order chi connectivity index (χ0) is 15.4. The summed E-state index contributed by atoms with van der Waals surface area (Å²) in [6.07, 6.45) is 2.87. The van der Waals surface area contributed by atoms with Gasteiger partial charge in [-0.1, -0.05) is 33.8 Å². The van der Waals surface area contributed by atoms with Crippen LogP contribution in [0.3, 0.4) is 0 Å². The van der Waals surface area contributed by atoms with Crippen molar-refractivity contribution in [3.8, 4) is 0 Å². The quantitative estimate of drug-likeness (QED) is 0.739. The van der Waals surface area contributed by atoms with E-state index in [4.69, 9.17) is 4.74 Å². The van der Waals surface area contributed by atoms with Gasteiger partial charge in [0, 0.05) is 11.7 Å². The number of nitrogens with zero attached hydrogens (tertiary/aromatic N) is 1. The van der Waals surface area contributed by atoms with Gasteiger partial charge in [0.25, 0.3) is 0 Å². The predicted molar refractivity (Wildman–Crippen MR) is 86.4 cm³/mol. The molecule has 1 aromatic heterocycles. The van der Waals surface area contributed by atoms with Crippen LogP contribution in [-0.4, -0.2) is 17.1 Å². The molecule has 2 aromatic rings. The van der Waals surface area contributed by atoms with Crippen molar-refractivity contribution < 1.29 is 9.53 Å². The van der Waals surface area contributed by atoms with Crippen LogP contribution in [0.15, 0.2) is 30.5 Å². The molecule has 0 aliphatic rings. The lowest BCUT2D eigenvalue weighted by atomic mass is 10.0. The van der Waals surface area contributed by atoms with Crippen molar-refractivity contribution in [2.45, 2.75) is 46.6 Å². The van der Waals surface area contributed by atoms with E-state index in [-0.39, 0.29) is 12.5 Å². The van der Waals surface area contributed by atoms with Gasteiger partial charge in [-0.25, -0.2) is 0 Å². The number of esters is 1. The highest BCUT2D eigenvalue weighted by molar-refractivity contribution is 5.82. The first-order chi connectivity index (χ1) is 9.97. The highest BCUT2D eigenvalue weighted by Gasteiger charge is 2.09. The van der Waals surface area contributed by atoms with Gasteiger partial charge in [0.15, 0.2) is 0 Å². The van der Waals surface area contributed by atoms with Crippen molar-refractivity contribution in [2.24, 2.45) is 5.92 Å². The third-order valence-corrected chi connectivity index (χ3v) is 3.72. The number of fused-ring (bicyclic) bond motifs is 1. The monoisotopic (exact) mass is 287 g/mol. The number of benzene rings is 1. The number of rotatable bonds is 6. The molecule has 21 heavy (non-hydrogen) atoms. The van der Waals surface area contributed by atoms with E-state index < -0.39 is 0 Å². The van der Waals surface area contributed by atoms with Crippen LogP contribution < -0.4 is 0 Å². The largest absolute Gasteiger partial charge is 0.464 e. The molecule has 114 valence electrons. The minimum atomic E-state index is -0.166. The lowest BCUT2D eigenvalue weighted by Crippen LogP contribution is -2.14. The minimum absolute atomic E-state index is 0.166. The highest BCUT2D eigenvalue weighted by atomic mass is 16.5. The van der Waals surface area contributed by atoms with Crippen molar-refractivity contribution in [3.63, 3.8) is 0 Å². The van der Waals surface area contributed by atoms with Gasteiger partial charge in [-0.2, -0.15) is 0 Å². The first-order valence-corrected chi connectivity index (χ1v) is 7.71. The Morgan fingerprint density at radius 2 is 1.95 bits per heavy atom. The topological polar surface area (TPSA) is 31.2 Å².